The molecule has 0 N–H and O–H groups in total. The smallest absolute Gasteiger partial charge is 0.334 e. The maximum Gasteiger partial charge on any atom is 0.334 e. The molecule has 2 heterocycles. The van der Waals surface area contributed by atoms with E-state index in [0.717, 1.165) is 87.2 Å². The second kappa shape index (κ2) is 33.3. The largest absolute Gasteiger partial charge is 0.497 e. The highest BCUT2D eigenvalue weighted by atomic mass is 28.4. The van der Waals surface area contributed by atoms with Crippen LogP contribution in [0.2, 0.25) is 36.3 Å². The number of unbranched alkanes of at least 4 members (excludes halogenated alkanes) is 11. The summed E-state index contributed by atoms with van der Waals surface area (Å²) in [7, 11) is -2.29. The highest BCUT2D eigenvalue weighted by Gasteiger charge is 2.40. The van der Waals surface area contributed by atoms with Gasteiger partial charge in [-0.15, -0.1) is 0 Å². The first-order valence-electron chi connectivity index (χ1n) is 28.8. The molecule has 0 spiro atoms. The van der Waals surface area contributed by atoms with Crippen molar-refractivity contribution in [1.29, 1.82) is 0 Å². The topological polar surface area (TPSA) is 81.7 Å². The third-order valence-electron chi connectivity index (χ3n) is 15.8. The van der Waals surface area contributed by atoms with E-state index in [1.807, 2.05) is 37.3 Å². The molecule has 0 amide bonds. The summed E-state index contributed by atoms with van der Waals surface area (Å²) in [6.07, 6.45) is 32.3. The van der Waals surface area contributed by atoms with Crippen LogP contribution >= 0.6 is 0 Å². The summed E-state index contributed by atoms with van der Waals surface area (Å²) in [5.74, 6) is 0.568. The van der Waals surface area contributed by atoms with Gasteiger partial charge in [0.15, 0.2) is 16.6 Å². The van der Waals surface area contributed by atoms with Crippen molar-refractivity contribution in [3.63, 3.8) is 0 Å². The Kier molecular flexibility index (Phi) is 28.5. The predicted molar refractivity (Wildman–Crippen MR) is 305 cm³/mol. The number of cyclic esters (lactones) is 1. The van der Waals surface area contributed by atoms with Crippen LogP contribution in [0.5, 0.6) is 5.75 Å². The standard InChI is InChI=1S/C62H102O8Si2/c1-12-16-17-18-19-20-21-22-23-30-38-58-57(66-49-51-33-26-24-27-34-51)44-45-59(68-58)60(70-72(13-2,14-3)15-4)39-32-31-36-55(69-71(10,11)62(6,7)8)35-28-25-29-37-56(47-53-46-50(5)67-61(53)63)65-48-52-40-42-54(64-9)43-41-52/h24,26-27,29,33-34,37,40-46,50,55-60H,12-23,25,28,30-32,35-36,38-39,47-49H2,1-11H3/b37-29+/t50-,55+,56+,57+,58+,59+,60+/m0/s1. The predicted octanol–water partition coefficient (Wildman–Crippen LogP) is 17.1. The molecule has 0 aliphatic carbocycles. The van der Waals surface area contributed by atoms with E-state index in [4.69, 9.17) is 32.5 Å². The number of allylic oxidation sites excluding steroid dienone is 1. The first-order valence-corrected chi connectivity index (χ1v) is 34.3. The van der Waals surface area contributed by atoms with E-state index in [-0.39, 0.29) is 53.7 Å². The minimum atomic E-state index is -2.02. The number of carbonyl (C=O) groups excluding carboxylic acids is 1. The summed E-state index contributed by atoms with van der Waals surface area (Å²) < 4.78 is 45.7. The van der Waals surface area contributed by atoms with Crippen molar-refractivity contribution in [3.05, 3.63) is 102 Å². The molecule has 0 bridgehead atoms. The summed E-state index contributed by atoms with van der Waals surface area (Å²) in [6.45, 7) is 24.0. The molecule has 7 atom stereocenters. The Morgan fingerprint density at radius 3 is 1.96 bits per heavy atom. The lowest BCUT2D eigenvalue weighted by Crippen LogP contribution is -2.48. The lowest BCUT2D eigenvalue weighted by atomic mass is 9.97. The number of ether oxygens (including phenoxy) is 5. The number of hydrogen-bond acceptors (Lipinski definition) is 8. The van der Waals surface area contributed by atoms with Gasteiger partial charge in [0.2, 0.25) is 0 Å². The van der Waals surface area contributed by atoms with Gasteiger partial charge in [-0.05, 0) is 111 Å². The Bertz CT molecular complexity index is 1840. The van der Waals surface area contributed by atoms with E-state index in [9.17, 15) is 4.79 Å². The minimum absolute atomic E-state index is 0.0107. The number of methoxy groups -OCH3 is 1. The van der Waals surface area contributed by atoms with Crippen molar-refractivity contribution >= 4 is 22.6 Å². The molecule has 0 saturated carbocycles. The van der Waals surface area contributed by atoms with Gasteiger partial charge in [-0.1, -0.05) is 192 Å². The molecule has 72 heavy (non-hydrogen) atoms. The van der Waals surface area contributed by atoms with Crippen LogP contribution in [0.25, 0.3) is 0 Å². The van der Waals surface area contributed by atoms with Gasteiger partial charge in [-0.2, -0.15) is 0 Å². The zero-order valence-corrected chi connectivity index (χ0v) is 49.4. The SMILES string of the molecule is CCCCCCCCCCCC[C@H]1O[C@@H]([C@@H](CCCC[C@@H](CCC/C=C/[C@H](CC2=C[C@H](C)OC2=O)OCc2ccc(OC)cc2)O[Si](C)(C)C(C)(C)C)O[Si](CC)(CC)CC)C=C[C@H]1OCc1ccccc1. The fraction of sp³-hybridized carbons (Fsp3) is 0.694. The molecule has 2 aromatic rings. The van der Waals surface area contributed by atoms with Crippen LogP contribution in [0.4, 0.5) is 0 Å². The zero-order valence-electron chi connectivity index (χ0n) is 47.4. The number of esters is 1. The maximum atomic E-state index is 12.6. The molecule has 2 aliphatic heterocycles. The molecule has 0 unspecified atom stereocenters. The molecular formula is C62H102O8Si2. The summed E-state index contributed by atoms with van der Waals surface area (Å²) >= 11 is 0. The second-order valence-electron chi connectivity index (χ2n) is 22.5. The van der Waals surface area contributed by atoms with E-state index < -0.39 is 16.6 Å². The molecular weight excluding hydrogens is 929 g/mol. The van der Waals surface area contributed by atoms with E-state index >= 15 is 0 Å². The maximum absolute atomic E-state index is 12.6. The Balaban J connectivity index is 1.41. The average molecular weight is 1030 g/mol. The summed E-state index contributed by atoms with van der Waals surface area (Å²) in [6, 6.07) is 21.8. The van der Waals surface area contributed by atoms with E-state index in [1.54, 1.807) is 7.11 Å². The molecule has 2 aromatic carbocycles. The van der Waals surface area contributed by atoms with Crippen LogP contribution in [0, 0.1) is 0 Å². The molecule has 406 valence electrons. The number of rotatable bonds is 38. The van der Waals surface area contributed by atoms with Crippen molar-refractivity contribution < 1.29 is 37.3 Å². The van der Waals surface area contributed by atoms with Gasteiger partial charge in [0.05, 0.1) is 38.6 Å². The van der Waals surface area contributed by atoms with E-state index in [1.165, 1.54) is 63.4 Å². The van der Waals surface area contributed by atoms with Crippen LogP contribution in [-0.2, 0) is 45.8 Å². The Hall–Kier alpha value is -2.84. The van der Waals surface area contributed by atoms with Gasteiger partial charge in [0.25, 0.3) is 0 Å². The van der Waals surface area contributed by atoms with Crippen LogP contribution in [0.1, 0.15) is 189 Å². The fourth-order valence-corrected chi connectivity index (χ4v) is 14.2. The highest BCUT2D eigenvalue weighted by Crippen LogP contribution is 2.39. The number of benzene rings is 2. The Labute approximate surface area is 442 Å². The minimum Gasteiger partial charge on any atom is -0.497 e. The number of hydrogen-bond donors (Lipinski definition) is 0. The molecule has 0 aromatic heterocycles. The monoisotopic (exact) mass is 1030 g/mol. The van der Waals surface area contributed by atoms with Gasteiger partial charge in [0, 0.05) is 18.1 Å². The Morgan fingerprint density at radius 1 is 0.722 bits per heavy atom. The van der Waals surface area contributed by atoms with E-state index in [2.05, 4.69) is 116 Å². The molecule has 2 aliphatic rings. The lowest BCUT2D eigenvalue weighted by Gasteiger charge is -2.40. The molecule has 10 heteroatoms. The van der Waals surface area contributed by atoms with E-state index in [0.29, 0.717) is 25.2 Å². The third-order valence-corrected chi connectivity index (χ3v) is 25.0. The first-order chi connectivity index (χ1) is 34.6. The van der Waals surface area contributed by atoms with Crippen molar-refractivity contribution in [2.45, 2.75) is 270 Å². The Morgan fingerprint density at radius 2 is 1.35 bits per heavy atom. The van der Waals surface area contributed by atoms with Gasteiger partial charge in [-0.25, -0.2) is 4.79 Å². The van der Waals surface area contributed by atoms with Gasteiger partial charge < -0.3 is 32.5 Å². The fourth-order valence-electron chi connectivity index (χ4n) is 9.88. The normalized spacial score (nSPS) is 19.9. The van der Waals surface area contributed by atoms with Crippen LogP contribution < -0.4 is 4.74 Å². The average Bonchev–Trinajstić information content (AvgIpc) is 3.70. The summed E-state index contributed by atoms with van der Waals surface area (Å²) in [5.41, 5.74) is 2.93. The van der Waals surface area contributed by atoms with Crippen molar-refractivity contribution in [2.75, 3.05) is 7.11 Å². The summed E-state index contributed by atoms with van der Waals surface area (Å²) in [4.78, 5) is 12.6. The third kappa shape index (κ3) is 22.2. The second-order valence-corrected chi connectivity index (χ2v) is 32.0. The molecule has 0 radical (unpaired) electrons. The van der Waals surface area contributed by atoms with Crippen LogP contribution in [-0.4, -0.2) is 72.4 Å². The lowest BCUT2D eigenvalue weighted by molar-refractivity contribution is -0.139. The molecule has 0 fully saturated rings. The molecule has 0 saturated heterocycles. The first kappa shape index (κ1) is 61.7. The van der Waals surface area contributed by atoms with Gasteiger partial charge in [0.1, 0.15) is 24.1 Å². The van der Waals surface area contributed by atoms with Crippen molar-refractivity contribution in [1.82, 2.24) is 0 Å². The van der Waals surface area contributed by atoms with Gasteiger partial charge in [-0.3, -0.25) is 0 Å². The summed E-state index contributed by atoms with van der Waals surface area (Å²) in [5, 5.41) is 0.123. The van der Waals surface area contributed by atoms with Gasteiger partial charge >= 0.3 is 5.97 Å². The van der Waals surface area contributed by atoms with Crippen LogP contribution in [0.15, 0.2) is 90.6 Å². The highest BCUT2D eigenvalue weighted by molar-refractivity contribution is 6.74. The molecule has 4 rings (SSSR count). The van der Waals surface area contributed by atoms with Crippen molar-refractivity contribution in [2.24, 2.45) is 0 Å². The molecule has 8 nitrogen and oxygen atoms in total. The quantitative estimate of drug-likeness (QED) is 0.0285. The van der Waals surface area contributed by atoms with Crippen molar-refractivity contribution in [3.8, 4) is 5.75 Å². The zero-order chi connectivity index (χ0) is 52.2. The van der Waals surface area contributed by atoms with Crippen LogP contribution in [0.3, 0.4) is 0 Å². The number of carbonyl (C=O) groups is 1.